The van der Waals surface area contributed by atoms with Crippen molar-refractivity contribution in [2.24, 2.45) is 0 Å². The highest BCUT2D eigenvalue weighted by Gasteiger charge is 2.31. The van der Waals surface area contributed by atoms with Crippen LogP contribution in [0.2, 0.25) is 0 Å². The fraction of sp³-hybridized carbons (Fsp3) is 0.929. The molecule has 0 aromatic heterocycles. The Kier molecular flexibility index (Phi) is 4.81. The van der Waals surface area contributed by atoms with E-state index in [0.717, 1.165) is 45.6 Å². The van der Waals surface area contributed by atoms with E-state index in [9.17, 15) is 4.79 Å². The van der Waals surface area contributed by atoms with Crippen molar-refractivity contribution in [1.29, 1.82) is 0 Å². The van der Waals surface area contributed by atoms with E-state index >= 15 is 0 Å². The molecule has 2 atom stereocenters. The summed E-state index contributed by atoms with van der Waals surface area (Å²) in [7, 11) is 0. The Labute approximate surface area is 116 Å². The van der Waals surface area contributed by atoms with Gasteiger partial charge in [0.1, 0.15) is 0 Å². The number of piperazine rings is 1. The van der Waals surface area contributed by atoms with Gasteiger partial charge in [0.15, 0.2) is 0 Å². The lowest BCUT2D eigenvalue weighted by molar-refractivity contribution is -0.129. The van der Waals surface area contributed by atoms with Crippen LogP contribution in [0.25, 0.3) is 0 Å². The first-order chi connectivity index (χ1) is 8.98. The molecule has 2 N–H and O–H groups in total. The van der Waals surface area contributed by atoms with Crippen LogP contribution in [0.4, 0.5) is 0 Å². The number of ether oxygens (including phenoxy) is 1. The molecule has 2 heterocycles. The van der Waals surface area contributed by atoms with Crippen LogP contribution >= 0.6 is 0 Å². The Balaban J connectivity index is 1.82. The van der Waals surface area contributed by atoms with Crippen molar-refractivity contribution in [2.75, 3.05) is 32.8 Å². The van der Waals surface area contributed by atoms with Crippen LogP contribution in [0.15, 0.2) is 0 Å². The van der Waals surface area contributed by atoms with E-state index in [0.29, 0.717) is 0 Å². The first-order valence-corrected chi connectivity index (χ1v) is 7.37. The number of carbonyl (C=O) groups excluding carboxylic acids is 1. The number of nitrogens with one attached hydrogen (secondary N) is 2. The van der Waals surface area contributed by atoms with Gasteiger partial charge in [-0.1, -0.05) is 0 Å². The molecular weight excluding hydrogens is 242 g/mol. The van der Waals surface area contributed by atoms with Crippen molar-refractivity contribution in [2.45, 2.75) is 51.3 Å². The molecule has 0 spiro atoms. The molecule has 110 valence electrons. The summed E-state index contributed by atoms with van der Waals surface area (Å²) in [5, 5.41) is 6.50. The van der Waals surface area contributed by atoms with Gasteiger partial charge in [-0.25, -0.2) is 0 Å². The molecule has 0 radical (unpaired) electrons. The number of carbonyl (C=O) groups is 1. The van der Waals surface area contributed by atoms with Gasteiger partial charge in [-0.05, 0) is 33.6 Å². The molecule has 0 aromatic rings. The fourth-order valence-electron chi connectivity index (χ4n) is 2.91. The van der Waals surface area contributed by atoms with Crippen LogP contribution in [0.3, 0.4) is 0 Å². The van der Waals surface area contributed by atoms with Gasteiger partial charge in [0.2, 0.25) is 5.91 Å². The molecule has 2 rings (SSSR count). The van der Waals surface area contributed by atoms with Gasteiger partial charge < -0.3 is 15.4 Å². The zero-order valence-electron chi connectivity index (χ0n) is 12.4. The van der Waals surface area contributed by atoms with Crippen LogP contribution in [0.1, 0.15) is 33.6 Å². The Bertz CT molecular complexity index is 314. The van der Waals surface area contributed by atoms with E-state index in [4.69, 9.17) is 4.74 Å². The molecule has 2 fully saturated rings. The van der Waals surface area contributed by atoms with Crippen LogP contribution in [0.5, 0.6) is 0 Å². The molecule has 0 aromatic carbocycles. The van der Waals surface area contributed by atoms with Gasteiger partial charge in [-0.3, -0.25) is 9.69 Å². The fourth-order valence-corrected chi connectivity index (χ4v) is 2.91. The van der Waals surface area contributed by atoms with Crippen molar-refractivity contribution < 1.29 is 9.53 Å². The highest BCUT2D eigenvalue weighted by molar-refractivity contribution is 5.81. The molecular formula is C14H27N3O2. The SMILES string of the molecule is CC(C(=O)NC1CCOC(C)(C)C1)N1CCNCC1. The molecule has 1 amide bonds. The van der Waals surface area contributed by atoms with Crippen molar-refractivity contribution in [3.63, 3.8) is 0 Å². The van der Waals surface area contributed by atoms with E-state index in [1.54, 1.807) is 0 Å². The van der Waals surface area contributed by atoms with Crippen molar-refractivity contribution >= 4 is 5.91 Å². The van der Waals surface area contributed by atoms with Gasteiger partial charge in [-0.2, -0.15) is 0 Å². The lowest BCUT2D eigenvalue weighted by Gasteiger charge is -2.37. The minimum absolute atomic E-state index is 0.0342. The summed E-state index contributed by atoms with van der Waals surface area (Å²) in [6.45, 7) is 10.8. The lowest BCUT2D eigenvalue weighted by Crippen LogP contribution is -2.55. The first-order valence-electron chi connectivity index (χ1n) is 7.37. The second-order valence-corrected chi connectivity index (χ2v) is 6.27. The van der Waals surface area contributed by atoms with E-state index in [1.165, 1.54) is 0 Å². The smallest absolute Gasteiger partial charge is 0.237 e. The number of hydrogen-bond donors (Lipinski definition) is 2. The number of hydrogen-bond acceptors (Lipinski definition) is 4. The highest BCUT2D eigenvalue weighted by atomic mass is 16.5. The molecule has 0 aliphatic carbocycles. The molecule has 5 heteroatoms. The summed E-state index contributed by atoms with van der Waals surface area (Å²) in [5.74, 6) is 0.157. The summed E-state index contributed by atoms with van der Waals surface area (Å²) < 4.78 is 5.68. The van der Waals surface area contributed by atoms with Crippen molar-refractivity contribution in [1.82, 2.24) is 15.5 Å². The van der Waals surface area contributed by atoms with Crippen LogP contribution in [-0.2, 0) is 9.53 Å². The van der Waals surface area contributed by atoms with Crippen LogP contribution < -0.4 is 10.6 Å². The minimum atomic E-state index is -0.117. The maximum atomic E-state index is 12.3. The topological polar surface area (TPSA) is 53.6 Å². The summed E-state index contributed by atoms with van der Waals surface area (Å²) in [6, 6.07) is 0.217. The number of rotatable bonds is 3. The molecule has 0 saturated carbocycles. The average Bonchev–Trinajstić information content (AvgIpc) is 2.37. The van der Waals surface area contributed by atoms with Gasteiger partial charge in [0, 0.05) is 38.8 Å². The second kappa shape index (κ2) is 6.20. The molecule has 19 heavy (non-hydrogen) atoms. The molecule has 2 saturated heterocycles. The molecule has 5 nitrogen and oxygen atoms in total. The zero-order valence-corrected chi connectivity index (χ0v) is 12.4. The highest BCUT2D eigenvalue weighted by Crippen LogP contribution is 2.24. The normalized spacial score (nSPS) is 29.7. The van der Waals surface area contributed by atoms with E-state index < -0.39 is 0 Å². The first kappa shape index (κ1) is 14.8. The third-order valence-electron chi connectivity index (χ3n) is 4.12. The van der Waals surface area contributed by atoms with E-state index in [1.807, 2.05) is 6.92 Å². The zero-order chi connectivity index (χ0) is 13.9. The Hall–Kier alpha value is -0.650. The molecule has 2 aliphatic heterocycles. The summed E-state index contributed by atoms with van der Waals surface area (Å²) >= 11 is 0. The number of nitrogens with zero attached hydrogens (tertiary/aromatic N) is 1. The Morgan fingerprint density at radius 3 is 2.74 bits per heavy atom. The Morgan fingerprint density at radius 2 is 2.11 bits per heavy atom. The maximum absolute atomic E-state index is 12.3. The summed E-state index contributed by atoms with van der Waals surface area (Å²) in [4.78, 5) is 14.6. The Morgan fingerprint density at radius 1 is 1.42 bits per heavy atom. The van der Waals surface area contributed by atoms with Gasteiger partial charge in [-0.15, -0.1) is 0 Å². The quantitative estimate of drug-likeness (QED) is 0.776. The summed E-state index contributed by atoms with van der Waals surface area (Å²) in [5.41, 5.74) is -0.117. The third kappa shape index (κ3) is 4.16. The molecule has 0 bridgehead atoms. The van der Waals surface area contributed by atoms with Gasteiger partial charge in [0.05, 0.1) is 11.6 Å². The van der Waals surface area contributed by atoms with E-state index in [2.05, 4.69) is 29.4 Å². The third-order valence-corrected chi connectivity index (χ3v) is 4.12. The minimum Gasteiger partial charge on any atom is -0.375 e. The standard InChI is InChI=1S/C14H27N3O2/c1-11(17-7-5-15-6-8-17)13(18)16-12-4-9-19-14(2,3)10-12/h11-12,15H,4-10H2,1-3H3,(H,16,18). The van der Waals surface area contributed by atoms with Crippen LogP contribution in [0, 0.1) is 0 Å². The second-order valence-electron chi connectivity index (χ2n) is 6.27. The largest absolute Gasteiger partial charge is 0.375 e. The predicted molar refractivity (Wildman–Crippen MR) is 75.1 cm³/mol. The van der Waals surface area contributed by atoms with Crippen molar-refractivity contribution in [3.05, 3.63) is 0 Å². The average molecular weight is 269 g/mol. The number of amides is 1. The molecule has 2 unspecified atom stereocenters. The van der Waals surface area contributed by atoms with Crippen molar-refractivity contribution in [3.8, 4) is 0 Å². The predicted octanol–water partition coefficient (Wildman–Crippen LogP) is 0.354. The monoisotopic (exact) mass is 269 g/mol. The lowest BCUT2D eigenvalue weighted by atomic mass is 9.94. The van der Waals surface area contributed by atoms with Crippen LogP contribution in [-0.4, -0.2) is 61.3 Å². The maximum Gasteiger partial charge on any atom is 0.237 e. The van der Waals surface area contributed by atoms with Gasteiger partial charge in [0.25, 0.3) is 0 Å². The summed E-state index contributed by atoms with van der Waals surface area (Å²) in [6.07, 6.45) is 1.82. The molecule has 2 aliphatic rings. The van der Waals surface area contributed by atoms with E-state index in [-0.39, 0.29) is 23.6 Å². The van der Waals surface area contributed by atoms with Gasteiger partial charge >= 0.3 is 0 Å².